The third-order valence-corrected chi connectivity index (χ3v) is 2.90. The highest BCUT2D eigenvalue weighted by atomic mass is 35.5. The third-order valence-electron chi connectivity index (χ3n) is 2.58. The van der Waals surface area contributed by atoms with E-state index in [2.05, 4.69) is 5.10 Å². The fraction of sp³-hybridized carbons (Fsp3) is 0.154. The monoisotopic (exact) mass is 290 g/mol. The summed E-state index contributed by atoms with van der Waals surface area (Å²) in [7, 11) is 0. The number of hydrogen-bond donors (Lipinski definition) is 1. The lowest BCUT2D eigenvalue weighted by Crippen LogP contribution is -2.08. The highest BCUT2D eigenvalue weighted by Gasteiger charge is 2.23. The number of aromatic nitrogens is 2. The summed E-state index contributed by atoms with van der Waals surface area (Å²) in [6, 6.07) is 8.71. The van der Waals surface area contributed by atoms with Crippen molar-refractivity contribution < 1.29 is 9.53 Å². The van der Waals surface area contributed by atoms with E-state index in [1.807, 2.05) is 6.07 Å². The van der Waals surface area contributed by atoms with Gasteiger partial charge in [-0.3, -0.25) is 0 Å². The molecule has 1 heterocycles. The number of nitrogen functional groups attached to an aromatic ring is 1. The number of nitriles is 1. The molecule has 0 amide bonds. The Balaban J connectivity index is 2.60. The maximum atomic E-state index is 11.8. The molecule has 2 aromatic rings. The number of rotatable bonds is 3. The van der Waals surface area contributed by atoms with Gasteiger partial charge < -0.3 is 10.5 Å². The molecule has 7 heteroatoms. The molecule has 0 bridgehead atoms. The average molecular weight is 291 g/mol. The van der Waals surface area contributed by atoms with E-state index in [0.717, 1.165) is 0 Å². The molecule has 0 atom stereocenters. The maximum absolute atomic E-state index is 11.8. The van der Waals surface area contributed by atoms with Crippen molar-refractivity contribution in [1.82, 2.24) is 9.78 Å². The van der Waals surface area contributed by atoms with Crippen molar-refractivity contribution >= 4 is 23.4 Å². The molecule has 2 rings (SSSR count). The zero-order chi connectivity index (χ0) is 14.7. The second-order valence-corrected chi connectivity index (χ2v) is 4.21. The second-order valence-electron chi connectivity index (χ2n) is 3.80. The Labute approximate surface area is 120 Å². The molecule has 102 valence electrons. The van der Waals surface area contributed by atoms with Gasteiger partial charge in [-0.15, -0.1) is 0 Å². The van der Waals surface area contributed by atoms with Crippen molar-refractivity contribution in [3.63, 3.8) is 0 Å². The molecule has 0 spiro atoms. The van der Waals surface area contributed by atoms with Crippen LogP contribution in [0.4, 0.5) is 5.82 Å². The molecule has 1 aromatic carbocycles. The first-order chi connectivity index (χ1) is 9.60. The van der Waals surface area contributed by atoms with E-state index >= 15 is 0 Å². The molecule has 0 fully saturated rings. The molecule has 0 aliphatic carbocycles. The maximum Gasteiger partial charge on any atom is 0.360 e. The predicted molar refractivity (Wildman–Crippen MR) is 73.7 cm³/mol. The number of para-hydroxylation sites is 1. The van der Waals surface area contributed by atoms with E-state index in [1.165, 1.54) is 4.68 Å². The van der Waals surface area contributed by atoms with Crippen LogP contribution >= 0.6 is 11.6 Å². The molecule has 0 unspecified atom stereocenters. The molecule has 1 aromatic heterocycles. The summed E-state index contributed by atoms with van der Waals surface area (Å²) in [5.41, 5.74) is 6.20. The van der Waals surface area contributed by atoms with Gasteiger partial charge in [0.2, 0.25) is 0 Å². The summed E-state index contributed by atoms with van der Waals surface area (Å²) in [6.07, 6.45) is 0. The fourth-order valence-corrected chi connectivity index (χ4v) is 1.91. The lowest BCUT2D eigenvalue weighted by molar-refractivity contribution is 0.0518. The van der Waals surface area contributed by atoms with Gasteiger partial charge in [0.05, 0.1) is 17.3 Å². The van der Waals surface area contributed by atoms with Crippen LogP contribution in [-0.2, 0) is 4.74 Å². The molecule has 0 radical (unpaired) electrons. The van der Waals surface area contributed by atoms with E-state index < -0.39 is 5.97 Å². The summed E-state index contributed by atoms with van der Waals surface area (Å²) in [6.45, 7) is 1.85. The number of benzene rings is 1. The van der Waals surface area contributed by atoms with Crippen LogP contribution in [0.1, 0.15) is 23.0 Å². The molecular formula is C13H11ClN4O2. The summed E-state index contributed by atoms with van der Waals surface area (Å²) in [5, 5.41) is 13.6. The number of hydrogen-bond acceptors (Lipinski definition) is 5. The van der Waals surface area contributed by atoms with Gasteiger partial charge in [0.15, 0.2) is 5.69 Å². The fourth-order valence-electron chi connectivity index (χ4n) is 1.69. The van der Waals surface area contributed by atoms with E-state index in [4.69, 9.17) is 27.3 Å². The van der Waals surface area contributed by atoms with E-state index in [-0.39, 0.29) is 23.7 Å². The molecular weight excluding hydrogens is 280 g/mol. The van der Waals surface area contributed by atoms with Crippen LogP contribution in [0.2, 0.25) is 5.02 Å². The number of carbonyl (C=O) groups excluding carboxylic acids is 1. The molecule has 2 N–H and O–H groups in total. The Bertz CT molecular complexity index is 703. The van der Waals surface area contributed by atoms with E-state index in [1.54, 1.807) is 31.2 Å². The minimum Gasteiger partial charge on any atom is -0.461 e. The van der Waals surface area contributed by atoms with Crippen molar-refractivity contribution in [2.45, 2.75) is 6.92 Å². The normalized spacial score (nSPS) is 10.1. The summed E-state index contributed by atoms with van der Waals surface area (Å²) in [5.74, 6) is -0.648. The van der Waals surface area contributed by atoms with Gasteiger partial charge in [-0.05, 0) is 19.1 Å². The van der Waals surface area contributed by atoms with Crippen molar-refractivity contribution in [1.29, 1.82) is 5.26 Å². The minimum atomic E-state index is -0.693. The number of carbonyl (C=O) groups is 1. The summed E-state index contributed by atoms with van der Waals surface area (Å²) in [4.78, 5) is 11.8. The first kappa shape index (κ1) is 13.9. The van der Waals surface area contributed by atoms with Gasteiger partial charge >= 0.3 is 5.97 Å². The largest absolute Gasteiger partial charge is 0.461 e. The SMILES string of the molecule is CCOC(=O)c1nn(-c2ccccc2Cl)c(N)c1C#N. The summed E-state index contributed by atoms with van der Waals surface area (Å²) >= 11 is 6.06. The van der Waals surface area contributed by atoms with Crippen molar-refractivity contribution in [2.75, 3.05) is 12.3 Å². The number of nitrogens with two attached hydrogens (primary N) is 1. The van der Waals surface area contributed by atoms with Gasteiger partial charge in [-0.2, -0.15) is 10.4 Å². The van der Waals surface area contributed by atoms with Crippen LogP contribution in [0, 0.1) is 11.3 Å². The van der Waals surface area contributed by atoms with Gasteiger partial charge in [0, 0.05) is 0 Å². The molecule has 0 saturated carbocycles. The van der Waals surface area contributed by atoms with E-state index in [0.29, 0.717) is 10.7 Å². The van der Waals surface area contributed by atoms with Gasteiger partial charge in [0.25, 0.3) is 0 Å². The average Bonchev–Trinajstić information content (AvgIpc) is 2.76. The predicted octanol–water partition coefficient (Wildman–Crippen LogP) is 2.16. The second kappa shape index (κ2) is 5.63. The van der Waals surface area contributed by atoms with Crippen molar-refractivity contribution in [3.05, 3.63) is 40.5 Å². The van der Waals surface area contributed by atoms with Crippen LogP contribution in [0.5, 0.6) is 0 Å². The van der Waals surface area contributed by atoms with Gasteiger partial charge in [-0.25, -0.2) is 9.48 Å². The number of halogens is 1. The zero-order valence-electron chi connectivity index (χ0n) is 10.6. The van der Waals surface area contributed by atoms with Crippen LogP contribution in [0.15, 0.2) is 24.3 Å². The Kier molecular flexibility index (Phi) is 3.91. The standard InChI is InChI=1S/C13H11ClN4O2/c1-2-20-13(19)11-8(7-15)12(16)18(17-11)10-6-4-3-5-9(10)14/h3-6H,2,16H2,1H3. The van der Waals surface area contributed by atoms with Gasteiger partial charge in [-0.1, -0.05) is 23.7 Å². The number of esters is 1. The first-order valence-corrected chi connectivity index (χ1v) is 6.18. The van der Waals surface area contributed by atoms with Crippen LogP contribution in [0.3, 0.4) is 0 Å². The Morgan fingerprint density at radius 2 is 2.25 bits per heavy atom. The highest BCUT2D eigenvalue weighted by molar-refractivity contribution is 6.32. The molecule has 0 aliphatic heterocycles. The number of nitrogens with zero attached hydrogens (tertiary/aromatic N) is 3. The smallest absolute Gasteiger partial charge is 0.360 e. The topological polar surface area (TPSA) is 93.9 Å². The van der Waals surface area contributed by atoms with E-state index in [9.17, 15) is 4.79 Å². The Hall–Kier alpha value is -2.52. The zero-order valence-corrected chi connectivity index (χ0v) is 11.4. The first-order valence-electron chi connectivity index (χ1n) is 5.80. The van der Waals surface area contributed by atoms with Crippen molar-refractivity contribution in [3.8, 4) is 11.8 Å². The molecule has 0 aliphatic rings. The lowest BCUT2D eigenvalue weighted by Gasteiger charge is -2.05. The molecule has 0 saturated heterocycles. The van der Waals surface area contributed by atoms with Crippen LogP contribution in [0.25, 0.3) is 5.69 Å². The number of anilines is 1. The number of ether oxygens (including phenoxy) is 1. The molecule has 6 nitrogen and oxygen atoms in total. The minimum absolute atomic E-state index is 0.0247. The Morgan fingerprint density at radius 1 is 1.55 bits per heavy atom. The third kappa shape index (κ3) is 2.31. The molecule has 20 heavy (non-hydrogen) atoms. The lowest BCUT2D eigenvalue weighted by atomic mass is 10.2. The Morgan fingerprint density at radius 3 is 2.85 bits per heavy atom. The quantitative estimate of drug-likeness (QED) is 0.874. The van der Waals surface area contributed by atoms with Crippen LogP contribution in [-0.4, -0.2) is 22.4 Å². The highest BCUT2D eigenvalue weighted by Crippen LogP contribution is 2.25. The van der Waals surface area contributed by atoms with Gasteiger partial charge in [0.1, 0.15) is 17.5 Å². The summed E-state index contributed by atoms with van der Waals surface area (Å²) < 4.78 is 6.11. The van der Waals surface area contributed by atoms with Crippen molar-refractivity contribution in [2.24, 2.45) is 0 Å². The van der Waals surface area contributed by atoms with Crippen LogP contribution < -0.4 is 5.73 Å².